The second-order valence-electron chi connectivity index (χ2n) is 8.96. The van der Waals surface area contributed by atoms with Gasteiger partial charge in [0, 0.05) is 38.0 Å². The van der Waals surface area contributed by atoms with Gasteiger partial charge in [0.2, 0.25) is 5.43 Å². The van der Waals surface area contributed by atoms with Crippen molar-refractivity contribution in [3.05, 3.63) is 45.7 Å². The van der Waals surface area contributed by atoms with Gasteiger partial charge in [0.1, 0.15) is 17.0 Å². The van der Waals surface area contributed by atoms with Gasteiger partial charge in [-0.05, 0) is 32.9 Å². The van der Waals surface area contributed by atoms with E-state index in [1.54, 1.807) is 36.2 Å². The molecule has 0 aromatic carbocycles. The highest BCUT2D eigenvalue weighted by molar-refractivity contribution is 7.12. The lowest BCUT2D eigenvalue weighted by molar-refractivity contribution is -0.153. The van der Waals surface area contributed by atoms with Crippen LogP contribution in [0.25, 0.3) is 16.2 Å². The van der Waals surface area contributed by atoms with Gasteiger partial charge in [-0.2, -0.15) is 0 Å². The van der Waals surface area contributed by atoms with Crippen LogP contribution in [0.2, 0.25) is 0 Å². The molecule has 0 bridgehead atoms. The summed E-state index contributed by atoms with van der Waals surface area (Å²) in [6.07, 6.45) is 3.55. The minimum Gasteiger partial charge on any atom is -0.459 e. The van der Waals surface area contributed by atoms with Crippen molar-refractivity contribution in [1.29, 1.82) is 0 Å². The van der Waals surface area contributed by atoms with E-state index in [1.165, 1.54) is 11.3 Å². The summed E-state index contributed by atoms with van der Waals surface area (Å²) >= 11 is 1.37. The Balaban J connectivity index is 1.73. The molecule has 4 rings (SSSR count). The Bertz CT molecular complexity index is 1250. The van der Waals surface area contributed by atoms with Crippen molar-refractivity contribution in [3.8, 4) is 5.13 Å². The van der Waals surface area contributed by atoms with Crippen LogP contribution in [0.15, 0.2) is 34.7 Å². The third-order valence-corrected chi connectivity index (χ3v) is 6.22. The van der Waals surface area contributed by atoms with Crippen LogP contribution in [0, 0.1) is 0 Å². The topological polar surface area (TPSA) is 116 Å². The smallest absolute Gasteiger partial charge is 0.320 e. The summed E-state index contributed by atoms with van der Waals surface area (Å²) < 4.78 is 12.8. The van der Waals surface area contributed by atoms with Crippen LogP contribution in [0.1, 0.15) is 31.1 Å². The summed E-state index contributed by atoms with van der Waals surface area (Å²) in [7, 11) is 1.59. The Morgan fingerprint density at radius 3 is 2.74 bits per heavy atom. The summed E-state index contributed by atoms with van der Waals surface area (Å²) in [5.74, 6) is 0.0359. The Morgan fingerprint density at radius 1 is 1.29 bits per heavy atom. The van der Waals surface area contributed by atoms with Crippen molar-refractivity contribution >= 4 is 40.4 Å². The summed E-state index contributed by atoms with van der Waals surface area (Å²) in [6.45, 7) is 6.23. The van der Waals surface area contributed by atoms with Crippen molar-refractivity contribution in [1.82, 2.24) is 19.9 Å². The highest BCUT2D eigenvalue weighted by atomic mass is 32.1. The predicted molar refractivity (Wildman–Crippen MR) is 129 cm³/mol. The lowest BCUT2D eigenvalue weighted by Gasteiger charge is -2.25. The molecule has 0 spiro atoms. The molecule has 11 heteroatoms. The van der Waals surface area contributed by atoms with Gasteiger partial charge in [-0.15, -0.1) is 11.3 Å². The fourth-order valence-corrected chi connectivity index (χ4v) is 4.76. The molecule has 34 heavy (non-hydrogen) atoms. The molecule has 180 valence electrons. The molecule has 1 fully saturated rings. The summed E-state index contributed by atoms with van der Waals surface area (Å²) in [6, 6.07) is 3.08. The van der Waals surface area contributed by atoms with Crippen LogP contribution in [-0.2, 0) is 14.3 Å². The van der Waals surface area contributed by atoms with Crippen LogP contribution in [-0.4, -0.2) is 71.3 Å². The zero-order valence-corrected chi connectivity index (χ0v) is 20.3. The van der Waals surface area contributed by atoms with Gasteiger partial charge in [-0.25, -0.2) is 9.97 Å². The first-order chi connectivity index (χ1) is 16.2. The third-order valence-electron chi connectivity index (χ3n) is 5.47. The molecule has 10 nitrogen and oxygen atoms in total. The Kier molecular flexibility index (Phi) is 6.78. The number of hydrogen-bond acceptors (Lipinski definition) is 10. The van der Waals surface area contributed by atoms with Crippen LogP contribution in [0.4, 0.5) is 5.82 Å². The normalized spacial score (nSPS) is 18.4. The Labute approximate surface area is 200 Å². The largest absolute Gasteiger partial charge is 0.459 e. The zero-order valence-electron chi connectivity index (χ0n) is 19.5. The van der Waals surface area contributed by atoms with E-state index in [1.807, 2.05) is 31.1 Å². The summed E-state index contributed by atoms with van der Waals surface area (Å²) in [4.78, 5) is 48.3. The van der Waals surface area contributed by atoms with Gasteiger partial charge in [-0.1, -0.05) is 0 Å². The first-order valence-electron chi connectivity index (χ1n) is 10.8. The number of pyridine rings is 2. The number of aldehydes is 1. The van der Waals surface area contributed by atoms with E-state index in [0.717, 1.165) is 0 Å². The third kappa shape index (κ3) is 4.72. The number of anilines is 1. The number of esters is 1. The minimum absolute atomic E-state index is 0.00867. The molecule has 0 amide bonds. The number of nitrogens with zero attached hydrogens (tertiary/aromatic N) is 4. The standard InChI is InChI=1S/C23H27N5O5S/c1-23(2,3)33-18(30)10-26-16-11-27(12-17(16)32-4)21-15(13-29)19(31)14-6-5-7-24-20(14)28(21)22-25-8-9-34-22/h5-9,13,16-17,26H,10-12H2,1-4H3. The number of thiazole rings is 1. The maximum atomic E-state index is 13.2. The number of methoxy groups -OCH3 is 1. The van der Waals surface area contributed by atoms with E-state index in [4.69, 9.17) is 9.47 Å². The SMILES string of the molecule is COC1CN(c2c(C=O)c(=O)c3cccnc3n2-c2nccs2)CC1NCC(=O)OC(C)(C)C. The van der Waals surface area contributed by atoms with Crippen molar-refractivity contribution in [2.75, 3.05) is 31.6 Å². The van der Waals surface area contributed by atoms with Crippen LogP contribution in [0.5, 0.6) is 0 Å². The maximum absolute atomic E-state index is 13.2. The van der Waals surface area contributed by atoms with Gasteiger partial charge >= 0.3 is 5.97 Å². The van der Waals surface area contributed by atoms with E-state index in [0.29, 0.717) is 41.4 Å². The monoisotopic (exact) mass is 485 g/mol. The fourth-order valence-electron chi connectivity index (χ4n) is 4.12. The summed E-state index contributed by atoms with van der Waals surface area (Å²) in [5.41, 5.74) is -0.525. The lowest BCUT2D eigenvalue weighted by Crippen LogP contribution is -2.44. The fraction of sp³-hybridized carbons (Fsp3) is 0.435. The quantitative estimate of drug-likeness (QED) is 0.395. The molecule has 0 radical (unpaired) electrons. The number of carbonyl (C=O) groups excluding carboxylic acids is 2. The molecule has 3 aromatic rings. The molecular formula is C23H27N5O5S. The predicted octanol–water partition coefficient (Wildman–Crippen LogP) is 1.79. The molecule has 1 N–H and O–H groups in total. The zero-order chi connectivity index (χ0) is 24.5. The number of rotatable bonds is 7. The van der Waals surface area contributed by atoms with E-state index >= 15 is 0 Å². The molecule has 4 heterocycles. The average Bonchev–Trinajstić information content (AvgIpc) is 3.46. The van der Waals surface area contributed by atoms with Crippen LogP contribution >= 0.6 is 11.3 Å². The number of hydrogen-bond donors (Lipinski definition) is 1. The van der Waals surface area contributed by atoms with Gasteiger partial charge in [0.25, 0.3) is 0 Å². The number of carbonyl (C=O) groups is 2. The molecule has 2 atom stereocenters. The number of aromatic nitrogens is 3. The summed E-state index contributed by atoms with van der Waals surface area (Å²) in [5, 5.41) is 5.94. The maximum Gasteiger partial charge on any atom is 0.320 e. The Morgan fingerprint density at radius 2 is 2.09 bits per heavy atom. The van der Waals surface area contributed by atoms with Gasteiger partial charge < -0.3 is 14.4 Å². The molecule has 3 aromatic heterocycles. The van der Waals surface area contributed by atoms with Crippen molar-refractivity contribution < 1.29 is 19.1 Å². The first-order valence-corrected chi connectivity index (χ1v) is 11.7. The number of ether oxygens (including phenoxy) is 2. The highest BCUT2D eigenvalue weighted by Gasteiger charge is 2.37. The molecule has 1 aliphatic heterocycles. The van der Waals surface area contributed by atoms with Gasteiger partial charge in [0.15, 0.2) is 17.1 Å². The molecular weight excluding hydrogens is 458 g/mol. The van der Waals surface area contributed by atoms with E-state index in [2.05, 4.69) is 15.3 Å². The molecule has 0 aliphatic carbocycles. The molecule has 0 saturated carbocycles. The van der Waals surface area contributed by atoms with Crippen LogP contribution in [0.3, 0.4) is 0 Å². The lowest BCUT2D eigenvalue weighted by atomic mass is 10.1. The van der Waals surface area contributed by atoms with Gasteiger partial charge in [0.05, 0.1) is 24.1 Å². The minimum atomic E-state index is -0.581. The van der Waals surface area contributed by atoms with Gasteiger partial charge in [-0.3, -0.25) is 24.3 Å². The average molecular weight is 486 g/mol. The number of fused-ring (bicyclic) bond motifs is 1. The van der Waals surface area contributed by atoms with Crippen LogP contribution < -0.4 is 15.6 Å². The van der Waals surface area contributed by atoms with Crippen molar-refractivity contribution in [2.45, 2.75) is 38.5 Å². The first kappa shape index (κ1) is 24.0. The molecule has 1 aliphatic rings. The molecule has 1 saturated heterocycles. The van der Waals surface area contributed by atoms with Crippen molar-refractivity contribution in [2.24, 2.45) is 0 Å². The second kappa shape index (κ2) is 9.61. The number of nitrogens with one attached hydrogen (secondary N) is 1. The second-order valence-corrected chi connectivity index (χ2v) is 9.83. The van der Waals surface area contributed by atoms with E-state index < -0.39 is 5.60 Å². The molecule has 2 unspecified atom stereocenters. The Hall–Kier alpha value is -3.15. The highest BCUT2D eigenvalue weighted by Crippen LogP contribution is 2.30. The van der Waals surface area contributed by atoms with E-state index in [-0.39, 0.29) is 35.7 Å². The van der Waals surface area contributed by atoms with Crippen molar-refractivity contribution in [3.63, 3.8) is 0 Å². The van der Waals surface area contributed by atoms with E-state index in [9.17, 15) is 14.4 Å².